The van der Waals surface area contributed by atoms with E-state index in [0.29, 0.717) is 0 Å². The number of likely N-dealkylation sites (N-methyl/N-ethyl adjacent to an activating group) is 1. The number of benzene rings is 1. The van der Waals surface area contributed by atoms with E-state index in [2.05, 4.69) is 28.3 Å². The molecule has 0 unspecified atom stereocenters. The molecule has 0 atom stereocenters. The molecule has 1 heterocycles. The summed E-state index contributed by atoms with van der Waals surface area (Å²) in [5.41, 5.74) is 0. The number of rotatable bonds is 8. The quantitative estimate of drug-likeness (QED) is 0.807. The fourth-order valence-electron chi connectivity index (χ4n) is 2.22. The number of methoxy groups -OCH3 is 2. The van der Waals surface area contributed by atoms with E-state index >= 15 is 0 Å². The van der Waals surface area contributed by atoms with Crippen molar-refractivity contribution in [3.8, 4) is 5.75 Å². The molecule has 0 aliphatic heterocycles. The second-order valence-electron chi connectivity index (χ2n) is 4.94. The number of fused-ring (bicyclic) bond motifs is 1. The average Bonchev–Trinajstić information content (AvgIpc) is 2.52. The van der Waals surface area contributed by atoms with Gasteiger partial charge < -0.3 is 19.7 Å². The molecule has 2 aromatic rings. The average molecular weight is 289 g/mol. The zero-order valence-electron chi connectivity index (χ0n) is 12.9. The minimum atomic E-state index is 0.750. The van der Waals surface area contributed by atoms with Crippen LogP contribution in [-0.2, 0) is 4.74 Å². The van der Waals surface area contributed by atoms with Crippen LogP contribution in [0.5, 0.6) is 5.75 Å². The Morgan fingerprint density at radius 2 is 2.00 bits per heavy atom. The van der Waals surface area contributed by atoms with Gasteiger partial charge in [-0.25, -0.2) is 4.98 Å². The highest BCUT2D eigenvalue weighted by Gasteiger charge is 2.06. The van der Waals surface area contributed by atoms with Crippen molar-refractivity contribution >= 4 is 16.6 Å². The molecule has 0 aliphatic carbocycles. The third-order valence-electron chi connectivity index (χ3n) is 3.45. The van der Waals surface area contributed by atoms with Gasteiger partial charge in [0.15, 0.2) is 0 Å². The van der Waals surface area contributed by atoms with Crippen molar-refractivity contribution in [2.75, 3.05) is 52.8 Å². The Morgan fingerprint density at radius 3 is 2.76 bits per heavy atom. The molecule has 21 heavy (non-hydrogen) atoms. The van der Waals surface area contributed by atoms with Gasteiger partial charge in [0.2, 0.25) is 0 Å². The molecule has 0 radical (unpaired) electrons. The number of ether oxygens (including phenoxy) is 2. The lowest BCUT2D eigenvalue weighted by molar-refractivity contribution is 0.163. The molecule has 0 aliphatic rings. The molecule has 114 valence electrons. The lowest BCUT2D eigenvalue weighted by atomic mass is 10.1. The zero-order valence-corrected chi connectivity index (χ0v) is 12.9. The van der Waals surface area contributed by atoms with Gasteiger partial charge in [-0.1, -0.05) is 12.1 Å². The molecule has 0 bridgehead atoms. The van der Waals surface area contributed by atoms with Crippen LogP contribution >= 0.6 is 0 Å². The largest absolute Gasteiger partial charge is 0.496 e. The van der Waals surface area contributed by atoms with Gasteiger partial charge >= 0.3 is 0 Å². The van der Waals surface area contributed by atoms with E-state index in [0.717, 1.165) is 48.6 Å². The predicted molar refractivity (Wildman–Crippen MR) is 86.2 cm³/mol. The van der Waals surface area contributed by atoms with Crippen molar-refractivity contribution < 1.29 is 9.47 Å². The molecule has 0 saturated carbocycles. The number of hydrogen-bond acceptors (Lipinski definition) is 5. The van der Waals surface area contributed by atoms with E-state index in [1.807, 2.05) is 24.4 Å². The standard InChI is InChI=1S/C16H23N3O2/c1-19(11-12-20-2)10-9-18-16-14-5-4-6-15(21-3)13(14)7-8-17-16/h4-8H,9-12H2,1-3H3,(H,17,18). The number of nitrogens with one attached hydrogen (secondary N) is 1. The van der Waals surface area contributed by atoms with E-state index in [4.69, 9.17) is 9.47 Å². The summed E-state index contributed by atoms with van der Waals surface area (Å²) in [6.45, 7) is 3.45. The monoisotopic (exact) mass is 289 g/mol. The van der Waals surface area contributed by atoms with Crippen LogP contribution in [0.1, 0.15) is 0 Å². The molecule has 0 amide bonds. The third kappa shape index (κ3) is 4.06. The van der Waals surface area contributed by atoms with Crippen molar-refractivity contribution in [3.63, 3.8) is 0 Å². The smallest absolute Gasteiger partial charge is 0.133 e. The highest BCUT2D eigenvalue weighted by atomic mass is 16.5. The topological polar surface area (TPSA) is 46.6 Å². The first kappa shape index (κ1) is 15.5. The lowest BCUT2D eigenvalue weighted by Gasteiger charge is -2.17. The summed E-state index contributed by atoms with van der Waals surface area (Å²) in [6, 6.07) is 7.98. The maximum Gasteiger partial charge on any atom is 0.133 e. The maximum absolute atomic E-state index is 5.39. The lowest BCUT2D eigenvalue weighted by Crippen LogP contribution is -2.28. The molecule has 5 heteroatoms. The van der Waals surface area contributed by atoms with Crippen LogP contribution in [0.2, 0.25) is 0 Å². The fourth-order valence-corrected chi connectivity index (χ4v) is 2.22. The van der Waals surface area contributed by atoms with E-state index in [1.54, 1.807) is 14.2 Å². The molecule has 1 N–H and O–H groups in total. The van der Waals surface area contributed by atoms with Crippen LogP contribution in [0.25, 0.3) is 10.8 Å². The van der Waals surface area contributed by atoms with Crippen LogP contribution in [-0.4, -0.2) is 57.4 Å². The van der Waals surface area contributed by atoms with Gasteiger partial charge in [0, 0.05) is 43.7 Å². The third-order valence-corrected chi connectivity index (χ3v) is 3.45. The van der Waals surface area contributed by atoms with Crippen LogP contribution in [0, 0.1) is 0 Å². The number of anilines is 1. The molecule has 1 aromatic heterocycles. The van der Waals surface area contributed by atoms with Gasteiger partial charge in [-0.15, -0.1) is 0 Å². The highest BCUT2D eigenvalue weighted by Crippen LogP contribution is 2.28. The van der Waals surface area contributed by atoms with Crippen LogP contribution in [0.15, 0.2) is 30.5 Å². The molecule has 2 rings (SSSR count). The molecule has 0 fully saturated rings. The molecule has 0 saturated heterocycles. The second-order valence-corrected chi connectivity index (χ2v) is 4.94. The van der Waals surface area contributed by atoms with Gasteiger partial charge in [0.25, 0.3) is 0 Å². The first-order valence-electron chi connectivity index (χ1n) is 7.09. The second kappa shape index (κ2) is 7.81. The minimum Gasteiger partial charge on any atom is -0.496 e. The van der Waals surface area contributed by atoms with Gasteiger partial charge in [-0.2, -0.15) is 0 Å². The summed E-state index contributed by atoms with van der Waals surface area (Å²) < 4.78 is 10.5. The minimum absolute atomic E-state index is 0.750. The number of nitrogens with zero attached hydrogens (tertiary/aromatic N) is 2. The van der Waals surface area contributed by atoms with Crippen molar-refractivity contribution in [1.82, 2.24) is 9.88 Å². The summed E-state index contributed by atoms with van der Waals surface area (Å²) in [5, 5.41) is 5.55. The van der Waals surface area contributed by atoms with Crippen LogP contribution in [0.3, 0.4) is 0 Å². The predicted octanol–water partition coefficient (Wildman–Crippen LogP) is 2.23. The molecule has 0 spiro atoms. The highest BCUT2D eigenvalue weighted by molar-refractivity contribution is 5.95. The fraction of sp³-hybridized carbons (Fsp3) is 0.438. The van der Waals surface area contributed by atoms with Gasteiger partial charge in [0.05, 0.1) is 13.7 Å². The van der Waals surface area contributed by atoms with Crippen LogP contribution < -0.4 is 10.1 Å². The van der Waals surface area contributed by atoms with E-state index in [9.17, 15) is 0 Å². The summed E-state index contributed by atoms with van der Waals surface area (Å²) in [5.74, 6) is 1.77. The van der Waals surface area contributed by atoms with Gasteiger partial charge in [-0.05, 0) is 19.2 Å². The van der Waals surface area contributed by atoms with Crippen LogP contribution in [0.4, 0.5) is 5.82 Å². The number of hydrogen-bond donors (Lipinski definition) is 1. The number of pyridine rings is 1. The summed E-state index contributed by atoms with van der Waals surface area (Å²) >= 11 is 0. The Hall–Kier alpha value is -1.85. The molecule has 1 aromatic carbocycles. The van der Waals surface area contributed by atoms with Crippen molar-refractivity contribution in [1.29, 1.82) is 0 Å². The molecule has 5 nitrogen and oxygen atoms in total. The molecular formula is C16H23N3O2. The SMILES string of the molecule is COCCN(C)CCNc1nccc2c(OC)cccc12. The molecular weight excluding hydrogens is 266 g/mol. The Labute approximate surface area is 125 Å². The summed E-state index contributed by atoms with van der Waals surface area (Å²) in [7, 11) is 5.49. The van der Waals surface area contributed by atoms with E-state index in [-0.39, 0.29) is 0 Å². The van der Waals surface area contributed by atoms with E-state index < -0.39 is 0 Å². The summed E-state index contributed by atoms with van der Waals surface area (Å²) in [6.07, 6.45) is 1.81. The van der Waals surface area contributed by atoms with Gasteiger partial charge in [-0.3, -0.25) is 0 Å². The van der Waals surface area contributed by atoms with Crippen molar-refractivity contribution in [2.45, 2.75) is 0 Å². The van der Waals surface area contributed by atoms with Crippen molar-refractivity contribution in [3.05, 3.63) is 30.5 Å². The van der Waals surface area contributed by atoms with Gasteiger partial charge in [0.1, 0.15) is 11.6 Å². The van der Waals surface area contributed by atoms with Crippen molar-refractivity contribution in [2.24, 2.45) is 0 Å². The summed E-state index contributed by atoms with van der Waals surface area (Å²) in [4.78, 5) is 6.66. The normalized spacial score (nSPS) is 11.0. The first-order valence-corrected chi connectivity index (χ1v) is 7.09. The Bertz CT molecular complexity index is 574. The Kier molecular flexibility index (Phi) is 5.78. The maximum atomic E-state index is 5.39. The Balaban J connectivity index is 2.02. The van der Waals surface area contributed by atoms with E-state index in [1.165, 1.54) is 0 Å². The zero-order chi connectivity index (χ0) is 15.1. The Morgan fingerprint density at radius 1 is 1.14 bits per heavy atom. The first-order chi connectivity index (χ1) is 10.3. The number of aromatic nitrogens is 1.